The Balaban J connectivity index is 1.56. The Hall–Kier alpha value is -2.97. The fourth-order valence-corrected chi connectivity index (χ4v) is 4.19. The van der Waals surface area contributed by atoms with E-state index in [1.54, 1.807) is 17.7 Å². The fraction of sp³-hybridized carbons (Fsp3) is 0.429. The highest BCUT2D eigenvalue weighted by Crippen LogP contribution is 2.40. The van der Waals surface area contributed by atoms with E-state index in [-0.39, 0.29) is 17.4 Å². The summed E-state index contributed by atoms with van der Waals surface area (Å²) in [7, 11) is 0. The van der Waals surface area contributed by atoms with Crippen LogP contribution in [0, 0.1) is 12.8 Å². The molecule has 1 fully saturated rings. The monoisotopic (exact) mass is 420 g/mol. The van der Waals surface area contributed by atoms with E-state index in [9.17, 15) is 23.1 Å². The molecule has 6 nitrogen and oxygen atoms in total. The van der Waals surface area contributed by atoms with E-state index in [0.717, 1.165) is 17.7 Å². The molecule has 2 unspecified atom stereocenters. The summed E-state index contributed by atoms with van der Waals surface area (Å²) in [5.41, 5.74) is 0.355. The molecular formula is C21H23F3N4O2. The van der Waals surface area contributed by atoms with Gasteiger partial charge in [0.25, 0.3) is 0 Å². The lowest BCUT2D eigenvalue weighted by atomic mass is 9.89. The summed E-state index contributed by atoms with van der Waals surface area (Å²) in [4.78, 5) is 11.7. The highest BCUT2D eigenvalue weighted by molar-refractivity contribution is 5.79. The van der Waals surface area contributed by atoms with Gasteiger partial charge in [0.05, 0.1) is 11.6 Å². The van der Waals surface area contributed by atoms with Crippen LogP contribution in [0.15, 0.2) is 24.4 Å². The Morgan fingerprint density at radius 1 is 1.33 bits per heavy atom. The van der Waals surface area contributed by atoms with Crippen LogP contribution < -0.4 is 10.6 Å². The summed E-state index contributed by atoms with van der Waals surface area (Å²) < 4.78 is 40.7. The van der Waals surface area contributed by atoms with Crippen LogP contribution in [-0.4, -0.2) is 26.3 Å². The minimum Gasteiger partial charge on any atom is -0.508 e. The molecule has 3 N–H and O–H groups in total. The number of amides is 1. The normalized spacial score (nSPS) is 22.5. The molecule has 9 heteroatoms. The molecule has 0 bridgehead atoms. The van der Waals surface area contributed by atoms with Gasteiger partial charge in [-0.2, -0.15) is 18.3 Å². The summed E-state index contributed by atoms with van der Waals surface area (Å²) in [5.74, 6) is 0.279. The molecule has 2 aromatic rings. The van der Waals surface area contributed by atoms with Gasteiger partial charge < -0.3 is 15.7 Å². The van der Waals surface area contributed by atoms with Crippen molar-refractivity contribution in [3.05, 3.63) is 46.7 Å². The van der Waals surface area contributed by atoms with E-state index in [1.165, 1.54) is 0 Å². The molecule has 1 saturated heterocycles. The highest BCUT2D eigenvalue weighted by Gasteiger charge is 2.39. The van der Waals surface area contributed by atoms with Crippen molar-refractivity contribution in [1.29, 1.82) is 0 Å². The fourth-order valence-electron chi connectivity index (χ4n) is 4.19. The maximum Gasteiger partial charge on any atom is 0.416 e. The van der Waals surface area contributed by atoms with Gasteiger partial charge in [0, 0.05) is 41.7 Å². The number of nitrogens with one attached hydrogen (secondary N) is 2. The molecule has 2 aliphatic heterocycles. The van der Waals surface area contributed by atoms with Crippen molar-refractivity contribution >= 4 is 17.8 Å². The summed E-state index contributed by atoms with van der Waals surface area (Å²) in [6, 6.07) is 1.28. The molecule has 4 rings (SSSR count). The summed E-state index contributed by atoms with van der Waals surface area (Å²) in [5, 5.41) is 21.0. The Morgan fingerprint density at radius 2 is 2.07 bits per heavy atom. The van der Waals surface area contributed by atoms with Gasteiger partial charge in [-0.25, -0.2) is 0 Å². The van der Waals surface area contributed by atoms with Gasteiger partial charge in [-0.05, 0) is 38.5 Å². The highest BCUT2D eigenvalue weighted by atomic mass is 19.4. The van der Waals surface area contributed by atoms with Gasteiger partial charge in [-0.1, -0.05) is 12.2 Å². The molecule has 2 aliphatic rings. The average molecular weight is 420 g/mol. The number of phenols is 1. The standard InChI is InChI=1S/C21H23F3N4O2/c1-11-6-13(21(22,23)24)7-16(29)18(11)15-5-4-12-9-28(27-19(12)25-15)10-14-8-17(30)26-20(14,2)3/h4-7,9,14-15,29H,8,10H2,1-3H3,(H,25,27)(H,26,30). The lowest BCUT2D eigenvalue weighted by Crippen LogP contribution is -2.40. The number of alkyl halides is 3. The number of aryl methyl sites for hydroxylation is 1. The first-order valence-corrected chi connectivity index (χ1v) is 9.68. The van der Waals surface area contributed by atoms with Crippen LogP contribution in [0.2, 0.25) is 0 Å². The van der Waals surface area contributed by atoms with E-state index < -0.39 is 23.5 Å². The van der Waals surface area contributed by atoms with Crippen LogP contribution in [-0.2, 0) is 17.5 Å². The Bertz CT molecular complexity index is 1020. The molecular weight excluding hydrogens is 397 g/mol. The number of nitrogens with zero attached hydrogens (tertiary/aromatic N) is 2. The number of carbonyl (C=O) groups excluding carboxylic acids is 1. The number of hydrogen-bond acceptors (Lipinski definition) is 4. The molecule has 1 aromatic heterocycles. The van der Waals surface area contributed by atoms with Crippen LogP contribution in [0.5, 0.6) is 5.75 Å². The minimum atomic E-state index is -4.52. The van der Waals surface area contributed by atoms with Gasteiger partial charge in [-0.15, -0.1) is 0 Å². The lowest BCUT2D eigenvalue weighted by Gasteiger charge is -2.26. The predicted octanol–water partition coefficient (Wildman–Crippen LogP) is 4.01. The van der Waals surface area contributed by atoms with Crippen molar-refractivity contribution in [2.75, 3.05) is 5.32 Å². The molecule has 0 radical (unpaired) electrons. The van der Waals surface area contributed by atoms with E-state index in [4.69, 9.17) is 0 Å². The third-order valence-corrected chi connectivity index (χ3v) is 5.88. The van der Waals surface area contributed by atoms with Gasteiger partial charge >= 0.3 is 6.18 Å². The average Bonchev–Trinajstić information content (AvgIpc) is 3.12. The number of phenolic OH excluding ortho intramolecular Hbond substituents is 1. The first-order valence-electron chi connectivity index (χ1n) is 9.68. The Labute approximate surface area is 171 Å². The van der Waals surface area contributed by atoms with Crippen LogP contribution in [0.4, 0.5) is 19.0 Å². The van der Waals surface area contributed by atoms with Crippen LogP contribution in [0.25, 0.3) is 6.08 Å². The van der Waals surface area contributed by atoms with Crippen molar-refractivity contribution in [2.45, 2.75) is 51.5 Å². The molecule has 0 saturated carbocycles. The molecule has 0 spiro atoms. The number of fused-ring (bicyclic) bond motifs is 1. The number of rotatable bonds is 3. The molecule has 0 aliphatic carbocycles. The number of aromatic hydroxyl groups is 1. The second-order valence-corrected chi connectivity index (χ2v) is 8.53. The lowest BCUT2D eigenvalue weighted by molar-refractivity contribution is -0.137. The van der Waals surface area contributed by atoms with Gasteiger partial charge in [-0.3, -0.25) is 9.48 Å². The van der Waals surface area contributed by atoms with Crippen molar-refractivity contribution < 1.29 is 23.1 Å². The molecule has 2 atom stereocenters. The number of anilines is 1. The largest absolute Gasteiger partial charge is 0.508 e. The number of benzene rings is 1. The van der Waals surface area contributed by atoms with Gasteiger partial charge in [0.15, 0.2) is 5.82 Å². The molecule has 1 amide bonds. The van der Waals surface area contributed by atoms with E-state index >= 15 is 0 Å². The second-order valence-electron chi connectivity index (χ2n) is 8.53. The zero-order chi connectivity index (χ0) is 21.8. The third-order valence-electron chi connectivity index (χ3n) is 5.88. The van der Waals surface area contributed by atoms with E-state index in [2.05, 4.69) is 15.7 Å². The smallest absolute Gasteiger partial charge is 0.416 e. The second kappa shape index (κ2) is 6.78. The number of halogens is 3. The van der Waals surface area contributed by atoms with Gasteiger partial charge in [0.1, 0.15) is 5.75 Å². The minimum absolute atomic E-state index is 0.0215. The molecule has 3 heterocycles. The van der Waals surface area contributed by atoms with Gasteiger partial charge in [0.2, 0.25) is 5.91 Å². The topological polar surface area (TPSA) is 79.2 Å². The zero-order valence-electron chi connectivity index (χ0n) is 16.8. The van der Waals surface area contributed by atoms with E-state index in [0.29, 0.717) is 29.9 Å². The molecule has 30 heavy (non-hydrogen) atoms. The number of carbonyl (C=O) groups is 1. The van der Waals surface area contributed by atoms with Crippen LogP contribution >= 0.6 is 0 Å². The van der Waals surface area contributed by atoms with Crippen molar-refractivity contribution in [1.82, 2.24) is 15.1 Å². The van der Waals surface area contributed by atoms with Crippen LogP contribution in [0.3, 0.4) is 0 Å². The first-order chi connectivity index (χ1) is 13.9. The van der Waals surface area contributed by atoms with Crippen molar-refractivity contribution in [2.24, 2.45) is 5.92 Å². The Morgan fingerprint density at radius 3 is 2.67 bits per heavy atom. The van der Waals surface area contributed by atoms with E-state index in [1.807, 2.05) is 26.1 Å². The van der Waals surface area contributed by atoms with Crippen molar-refractivity contribution in [3.8, 4) is 5.75 Å². The zero-order valence-corrected chi connectivity index (χ0v) is 16.8. The SMILES string of the molecule is Cc1cc(C(F)(F)F)cc(O)c1C1C=Cc2cn(CC3CC(=O)NC3(C)C)nc2N1. The number of aromatic nitrogens is 2. The maximum absolute atomic E-state index is 13.0. The quantitative estimate of drug-likeness (QED) is 0.701. The maximum atomic E-state index is 13.0. The molecule has 1 aromatic carbocycles. The number of hydrogen-bond donors (Lipinski definition) is 3. The Kier molecular flexibility index (Phi) is 4.59. The molecule has 160 valence electrons. The summed E-state index contributed by atoms with van der Waals surface area (Å²) >= 11 is 0. The predicted molar refractivity (Wildman–Crippen MR) is 106 cm³/mol. The van der Waals surface area contributed by atoms with Crippen LogP contribution in [0.1, 0.15) is 48.6 Å². The summed E-state index contributed by atoms with van der Waals surface area (Å²) in [6.07, 6.45) is 1.40. The first kappa shape index (κ1) is 20.3. The van der Waals surface area contributed by atoms with Crippen molar-refractivity contribution in [3.63, 3.8) is 0 Å². The third kappa shape index (κ3) is 3.64. The summed E-state index contributed by atoms with van der Waals surface area (Å²) in [6.45, 7) is 6.07.